The molecule has 3 rings (SSSR count). The number of hydrogen-bond acceptors (Lipinski definition) is 7. The Labute approximate surface area is 315 Å². The second-order valence-electron chi connectivity index (χ2n) is 15.3. The molecule has 1 aromatic heterocycles. The van der Waals surface area contributed by atoms with Crippen LogP contribution in [0.15, 0.2) is 60.8 Å². The van der Waals surface area contributed by atoms with Crippen molar-refractivity contribution in [2.75, 3.05) is 24.7 Å². The second kappa shape index (κ2) is 19.2. The molecule has 0 radical (unpaired) electrons. The van der Waals surface area contributed by atoms with Crippen LogP contribution in [0.1, 0.15) is 50.9 Å². The lowest BCUT2D eigenvalue weighted by Crippen LogP contribution is -2.47. The Hall–Kier alpha value is -4.21. The first-order chi connectivity index (χ1) is 24.8. The Kier molecular flexibility index (Phi) is 15.7. The van der Waals surface area contributed by atoms with Gasteiger partial charge in [-0.25, -0.2) is 18.4 Å². The molecule has 0 saturated heterocycles. The molecule has 2 aromatic carbocycles. The van der Waals surface area contributed by atoms with Crippen molar-refractivity contribution >= 4 is 43.8 Å². The van der Waals surface area contributed by atoms with Crippen LogP contribution in [0.4, 0.5) is 13.6 Å². The molecule has 0 aliphatic heterocycles. The topological polar surface area (TPSA) is 164 Å². The molecule has 1 heterocycles. The van der Waals surface area contributed by atoms with Crippen molar-refractivity contribution in [2.45, 2.75) is 84.0 Å². The number of carboxylic acids is 2. The summed E-state index contributed by atoms with van der Waals surface area (Å²) < 4.78 is 36.7. The highest BCUT2D eigenvalue weighted by atomic mass is 32.2. The number of carbonyl (C=O) groups excluding carboxylic acids is 2. The number of carbonyl (C=O) groups is 4. The van der Waals surface area contributed by atoms with Crippen molar-refractivity contribution in [2.24, 2.45) is 11.1 Å². The molecule has 53 heavy (non-hydrogen) atoms. The van der Waals surface area contributed by atoms with E-state index in [4.69, 9.17) is 10.5 Å². The number of amides is 2. The van der Waals surface area contributed by atoms with Crippen molar-refractivity contribution in [3.63, 3.8) is 0 Å². The lowest BCUT2D eigenvalue weighted by atomic mass is 9.82. The summed E-state index contributed by atoms with van der Waals surface area (Å²) in [6.45, 7) is 12.5. The molecule has 15 heteroatoms. The maximum absolute atomic E-state index is 15.2. The summed E-state index contributed by atoms with van der Waals surface area (Å²) in [7, 11) is -1.52. The van der Waals surface area contributed by atoms with Crippen LogP contribution in [0, 0.1) is 17.0 Å². The van der Waals surface area contributed by atoms with Crippen LogP contribution < -0.4 is 11.1 Å². The Morgan fingerprint density at radius 3 is 2.28 bits per heavy atom. The molecule has 3 aromatic rings. The summed E-state index contributed by atoms with van der Waals surface area (Å²) in [5, 5.41) is 21.7. The monoisotopic (exact) mass is 774 g/mol. The normalized spacial score (nSPS) is 13.5. The van der Waals surface area contributed by atoms with E-state index >= 15 is 4.39 Å². The average Bonchev–Trinajstić information content (AvgIpc) is 3.46. The molecule has 5 N–H and O–H groups in total. The molecule has 0 spiro atoms. The summed E-state index contributed by atoms with van der Waals surface area (Å²) in [5.41, 5.74) is 6.90. The number of nitrogens with one attached hydrogen (secondary N) is 1. The summed E-state index contributed by atoms with van der Waals surface area (Å²) in [6, 6.07) is 11.9. The minimum absolute atomic E-state index is 0.0386. The van der Waals surface area contributed by atoms with Gasteiger partial charge in [0, 0.05) is 44.2 Å². The Balaban J connectivity index is 2.06. The van der Waals surface area contributed by atoms with E-state index in [9.17, 15) is 33.8 Å². The SMILES string of the molecule is CC(C)(C)[C@H](c1cc(-c2cc(F)ccc2F)cn1Cc1ccccc1)N(CC[C@H](NC(=O)OCC[Si](C)(C)C)C(=O)O)C(=O)CSCCC(N)C(=O)O. The number of nitrogens with two attached hydrogens (primary N) is 1. The van der Waals surface area contributed by atoms with Crippen molar-refractivity contribution in [3.05, 3.63) is 83.7 Å². The third kappa shape index (κ3) is 13.6. The highest BCUT2D eigenvalue weighted by molar-refractivity contribution is 7.99. The van der Waals surface area contributed by atoms with Crippen molar-refractivity contribution in [1.82, 2.24) is 14.8 Å². The van der Waals surface area contributed by atoms with E-state index in [1.165, 1.54) is 11.8 Å². The van der Waals surface area contributed by atoms with Crippen molar-refractivity contribution < 1.29 is 42.9 Å². The van der Waals surface area contributed by atoms with Crippen LogP contribution in [-0.4, -0.2) is 88.4 Å². The van der Waals surface area contributed by atoms with Crippen LogP contribution >= 0.6 is 11.8 Å². The summed E-state index contributed by atoms with van der Waals surface area (Å²) in [4.78, 5) is 52.1. The molecule has 0 saturated carbocycles. The third-order valence-corrected chi connectivity index (χ3v) is 11.2. The minimum Gasteiger partial charge on any atom is -0.480 e. The molecule has 0 aliphatic carbocycles. The van der Waals surface area contributed by atoms with Gasteiger partial charge in [-0.2, -0.15) is 11.8 Å². The Morgan fingerprint density at radius 1 is 1.00 bits per heavy atom. The molecule has 0 fully saturated rings. The quantitative estimate of drug-likeness (QED) is 0.0754. The summed E-state index contributed by atoms with van der Waals surface area (Å²) in [5.74, 6) is -3.86. The molecule has 11 nitrogen and oxygen atoms in total. The van der Waals surface area contributed by atoms with Gasteiger partial charge in [0.2, 0.25) is 5.91 Å². The van der Waals surface area contributed by atoms with Crippen molar-refractivity contribution in [1.29, 1.82) is 0 Å². The lowest BCUT2D eigenvalue weighted by Gasteiger charge is -2.41. The van der Waals surface area contributed by atoms with E-state index in [2.05, 4.69) is 25.0 Å². The molecule has 0 aliphatic rings. The number of alkyl carbamates (subject to hydrolysis) is 1. The third-order valence-electron chi connectivity index (χ3n) is 8.55. The maximum atomic E-state index is 15.2. The van der Waals surface area contributed by atoms with Gasteiger partial charge in [0.15, 0.2) is 0 Å². The van der Waals surface area contributed by atoms with Crippen LogP contribution in [0.5, 0.6) is 0 Å². The van der Waals surface area contributed by atoms with Gasteiger partial charge in [0.25, 0.3) is 0 Å². The standard InChI is InChI=1S/C38H52F2N4O7SSi/c1-38(2,3)34(32-20-26(28-21-27(39)12-13-29(28)40)23-43(32)22-25-10-8-7-9-11-25)44(33(45)24-52-18-15-30(41)35(46)47)16-14-31(36(48)49)42-37(50)51-17-19-53(4,5)6/h7-13,20-21,23,30-31,34H,14-19,22,24,41H2,1-6H3,(H,42,50)(H,46,47)(H,48,49)/t30?,31-,34-/m0/s1. The number of aliphatic carboxylic acids is 2. The number of nitrogens with zero attached hydrogens (tertiary/aromatic N) is 2. The Bertz CT molecular complexity index is 1710. The predicted octanol–water partition coefficient (Wildman–Crippen LogP) is 6.84. The van der Waals surface area contributed by atoms with E-state index in [-0.39, 0.29) is 49.0 Å². The van der Waals surface area contributed by atoms with Crippen molar-refractivity contribution in [3.8, 4) is 11.1 Å². The second-order valence-corrected chi connectivity index (χ2v) is 22.0. The summed E-state index contributed by atoms with van der Waals surface area (Å²) >= 11 is 1.20. The van der Waals surface area contributed by atoms with E-state index < -0.39 is 61.3 Å². The van der Waals surface area contributed by atoms with Crippen LogP contribution in [0.2, 0.25) is 25.7 Å². The van der Waals surface area contributed by atoms with Crippen LogP contribution in [0.3, 0.4) is 0 Å². The minimum atomic E-state index is -1.52. The number of carboxylic acid groups (broad SMARTS) is 2. The first kappa shape index (κ1) is 43.2. The maximum Gasteiger partial charge on any atom is 0.407 e. The van der Waals surface area contributed by atoms with E-state index in [0.29, 0.717) is 23.8 Å². The highest BCUT2D eigenvalue weighted by Gasteiger charge is 2.38. The van der Waals surface area contributed by atoms with Gasteiger partial charge in [-0.15, -0.1) is 0 Å². The zero-order valence-corrected chi connectivity index (χ0v) is 33.1. The number of ether oxygens (including phenoxy) is 1. The average molecular weight is 775 g/mol. The van der Waals surface area contributed by atoms with Crippen LogP contribution in [0.25, 0.3) is 11.1 Å². The molecule has 290 valence electrons. The molecule has 1 unspecified atom stereocenters. The Morgan fingerprint density at radius 2 is 1.68 bits per heavy atom. The van der Waals surface area contributed by atoms with Crippen LogP contribution in [-0.2, 0) is 25.7 Å². The number of halogens is 2. The predicted molar refractivity (Wildman–Crippen MR) is 205 cm³/mol. The fourth-order valence-corrected chi connectivity index (χ4v) is 7.36. The van der Waals surface area contributed by atoms with Gasteiger partial charge in [-0.3, -0.25) is 9.59 Å². The number of thioether (sulfide) groups is 1. The highest BCUT2D eigenvalue weighted by Crippen LogP contribution is 2.41. The molecule has 3 atom stereocenters. The van der Waals surface area contributed by atoms with Gasteiger partial charge in [0.1, 0.15) is 23.7 Å². The first-order valence-electron chi connectivity index (χ1n) is 17.5. The smallest absolute Gasteiger partial charge is 0.407 e. The zero-order chi connectivity index (χ0) is 39.5. The zero-order valence-electron chi connectivity index (χ0n) is 31.2. The first-order valence-corrected chi connectivity index (χ1v) is 22.3. The van der Waals surface area contributed by atoms with E-state index in [0.717, 1.165) is 23.8 Å². The molecular weight excluding hydrogens is 723 g/mol. The van der Waals surface area contributed by atoms with Gasteiger partial charge in [-0.1, -0.05) is 70.7 Å². The lowest BCUT2D eigenvalue weighted by molar-refractivity contribution is -0.141. The van der Waals surface area contributed by atoms with Gasteiger partial charge < -0.3 is 35.5 Å². The van der Waals surface area contributed by atoms with E-state index in [1.54, 1.807) is 17.2 Å². The molecular formula is C38H52F2N4O7SSi. The largest absolute Gasteiger partial charge is 0.480 e. The van der Waals surface area contributed by atoms with E-state index in [1.807, 2.05) is 55.7 Å². The number of benzene rings is 2. The fourth-order valence-electron chi connectivity index (χ4n) is 5.75. The molecule has 0 bridgehead atoms. The van der Waals surface area contributed by atoms with Gasteiger partial charge in [-0.05, 0) is 59.9 Å². The molecule has 2 amide bonds. The fraction of sp³-hybridized carbons (Fsp3) is 0.474. The van der Waals surface area contributed by atoms with Gasteiger partial charge >= 0.3 is 18.0 Å². The number of aromatic nitrogens is 1. The number of rotatable bonds is 19. The summed E-state index contributed by atoms with van der Waals surface area (Å²) in [6.07, 6.45) is 0.797. The van der Waals surface area contributed by atoms with Gasteiger partial charge in [0.05, 0.1) is 18.4 Å². The number of hydrogen-bond donors (Lipinski definition) is 4.